The summed E-state index contributed by atoms with van der Waals surface area (Å²) in [6.07, 6.45) is 1.93. The van der Waals surface area contributed by atoms with Crippen molar-refractivity contribution in [1.29, 1.82) is 5.26 Å². The van der Waals surface area contributed by atoms with Crippen LogP contribution in [0.25, 0.3) is 0 Å². The Morgan fingerprint density at radius 2 is 2.33 bits per heavy atom. The molecule has 1 aromatic heterocycles. The molecule has 2 N–H and O–H groups in total. The number of carbonyl (C=O) groups is 1. The molecular formula is C15H14N4OS. The highest BCUT2D eigenvalue weighted by molar-refractivity contribution is 8.00. The molecule has 106 valence electrons. The Bertz CT molecular complexity index is 745. The Balaban J connectivity index is 1.72. The molecule has 1 aliphatic heterocycles. The topological polar surface area (TPSA) is 69.8 Å². The van der Waals surface area contributed by atoms with E-state index >= 15 is 0 Å². The molecule has 0 saturated heterocycles. The van der Waals surface area contributed by atoms with Crippen molar-refractivity contribution in [2.24, 2.45) is 7.05 Å². The number of amides is 1. The Labute approximate surface area is 127 Å². The lowest BCUT2D eigenvalue weighted by molar-refractivity contribution is -0.113. The van der Waals surface area contributed by atoms with Gasteiger partial charge in [0.15, 0.2) is 0 Å². The van der Waals surface area contributed by atoms with Gasteiger partial charge in [0.2, 0.25) is 5.91 Å². The maximum absolute atomic E-state index is 11.4. The number of hydrogen-bond acceptors (Lipinski definition) is 4. The maximum Gasteiger partial charge on any atom is 0.234 e. The molecule has 1 aliphatic rings. The number of aromatic nitrogens is 1. The number of fused-ring (bicyclic) bond motifs is 1. The maximum atomic E-state index is 11.4. The Morgan fingerprint density at radius 1 is 1.48 bits per heavy atom. The number of carbonyl (C=O) groups excluding carboxylic acids is 1. The minimum absolute atomic E-state index is 0.0337. The number of hydrogen-bond donors (Lipinski definition) is 2. The number of nitrogens with one attached hydrogen (secondary N) is 2. The molecule has 21 heavy (non-hydrogen) atoms. The molecule has 0 atom stereocenters. The van der Waals surface area contributed by atoms with Crippen molar-refractivity contribution in [1.82, 2.24) is 4.57 Å². The van der Waals surface area contributed by atoms with Crippen LogP contribution < -0.4 is 10.6 Å². The van der Waals surface area contributed by atoms with Gasteiger partial charge in [-0.2, -0.15) is 5.26 Å². The van der Waals surface area contributed by atoms with Gasteiger partial charge in [-0.1, -0.05) is 0 Å². The van der Waals surface area contributed by atoms with E-state index < -0.39 is 0 Å². The van der Waals surface area contributed by atoms with Gasteiger partial charge < -0.3 is 15.2 Å². The van der Waals surface area contributed by atoms with Crippen molar-refractivity contribution in [3.05, 3.63) is 41.7 Å². The van der Waals surface area contributed by atoms with E-state index in [1.54, 1.807) is 16.3 Å². The predicted octanol–water partition coefficient (Wildman–Crippen LogP) is 2.55. The molecule has 0 aliphatic carbocycles. The quantitative estimate of drug-likeness (QED) is 0.913. The summed E-state index contributed by atoms with van der Waals surface area (Å²) in [5.74, 6) is 0.507. The summed E-state index contributed by atoms with van der Waals surface area (Å²) >= 11 is 1.55. The van der Waals surface area contributed by atoms with Gasteiger partial charge in [-0.15, -0.1) is 11.8 Å². The minimum atomic E-state index is 0.0337. The van der Waals surface area contributed by atoms with Gasteiger partial charge in [0.1, 0.15) is 11.8 Å². The lowest BCUT2D eigenvalue weighted by Gasteiger charge is -2.17. The monoisotopic (exact) mass is 298 g/mol. The first-order valence-electron chi connectivity index (χ1n) is 6.51. The average molecular weight is 298 g/mol. The van der Waals surface area contributed by atoms with E-state index in [1.807, 2.05) is 37.5 Å². The minimum Gasteiger partial charge on any atom is -0.381 e. The van der Waals surface area contributed by atoms with Crippen LogP contribution in [0, 0.1) is 11.3 Å². The summed E-state index contributed by atoms with van der Waals surface area (Å²) in [7, 11) is 1.85. The van der Waals surface area contributed by atoms with E-state index in [4.69, 9.17) is 5.26 Å². The first-order chi connectivity index (χ1) is 10.2. The van der Waals surface area contributed by atoms with Crippen molar-refractivity contribution in [2.45, 2.75) is 11.4 Å². The molecule has 3 rings (SSSR count). The lowest BCUT2D eigenvalue weighted by Crippen LogP contribution is -2.18. The van der Waals surface area contributed by atoms with Gasteiger partial charge in [-0.3, -0.25) is 4.79 Å². The summed E-state index contributed by atoms with van der Waals surface area (Å²) in [6, 6.07) is 9.95. The number of nitriles is 1. The second-order valence-corrected chi connectivity index (χ2v) is 5.87. The van der Waals surface area contributed by atoms with E-state index in [-0.39, 0.29) is 5.91 Å². The molecular weight excluding hydrogens is 284 g/mol. The van der Waals surface area contributed by atoms with Crippen LogP contribution in [0.3, 0.4) is 0 Å². The molecule has 5 nitrogen and oxygen atoms in total. The fourth-order valence-electron chi connectivity index (χ4n) is 2.24. The van der Waals surface area contributed by atoms with Gasteiger partial charge in [0.05, 0.1) is 11.4 Å². The third kappa shape index (κ3) is 2.88. The summed E-state index contributed by atoms with van der Waals surface area (Å²) in [4.78, 5) is 12.5. The van der Waals surface area contributed by atoms with Crippen molar-refractivity contribution >= 4 is 29.0 Å². The standard InChI is InChI=1S/C15H14N4OS/c1-19-8-10(4-12(19)6-16)7-17-11-2-3-14-13(5-11)18-15(20)9-21-14/h2-5,8,17H,7,9H2,1H3,(H,18,20). The van der Waals surface area contributed by atoms with E-state index in [9.17, 15) is 4.79 Å². The van der Waals surface area contributed by atoms with Gasteiger partial charge in [0.25, 0.3) is 0 Å². The molecule has 2 heterocycles. The van der Waals surface area contributed by atoms with Crippen molar-refractivity contribution in [3.63, 3.8) is 0 Å². The van der Waals surface area contributed by atoms with Crippen LogP contribution >= 0.6 is 11.8 Å². The molecule has 0 unspecified atom stereocenters. The zero-order valence-corrected chi connectivity index (χ0v) is 12.3. The molecule has 0 fully saturated rings. The van der Waals surface area contributed by atoms with Crippen molar-refractivity contribution < 1.29 is 4.79 Å². The van der Waals surface area contributed by atoms with Crippen LogP contribution in [0.4, 0.5) is 11.4 Å². The van der Waals surface area contributed by atoms with Crippen molar-refractivity contribution in [2.75, 3.05) is 16.4 Å². The SMILES string of the molecule is Cn1cc(CNc2ccc3c(c2)NC(=O)CS3)cc1C#N. The van der Waals surface area contributed by atoms with Crippen LogP contribution in [0.5, 0.6) is 0 Å². The molecule has 1 amide bonds. The summed E-state index contributed by atoms with van der Waals surface area (Å²) in [5, 5.41) is 15.1. The highest BCUT2D eigenvalue weighted by Crippen LogP contribution is 2.33. The molecule has 0 bridgehead atoms. The first kappa shape index (κ1) is 13.6. The number of benzene rings is 1. The Hall–Kier alpha value is -2.39. The number of aryl methyl sites for hydroxylation is 1. The van der Waals surface area contributed by atoms with E-state index in [1.165, 1.54) is 0 Å². The Morgan fingerprint density at radius 3 is 3.10 bits per heavy atom. The van der Waals surface area contributed by atoms with E-state index in [2.05, 4.69) is 16.7 Å². The highest BCUT2D eigenvalue weighted by Gasteiger charge is 2.15. The number of thioether (sulfide) groups is 1. The zero-order valence-electron chi connectivity index (χ0n) is 11.5. The number of nitrogens with zero attached hydrogens (tertiary/aromatic N) is 2. The highest BCUT2D eigenvalue weighted by atomic mass is 32.2. The van der Waals surface area contributed by atoms with E-state index in [0.717, 1.165) is 21.8 Å². The summed E-state index contributed by atoms with van der Waals surface area (Å²) in [6.45, 7) is 0.634. The van der Waals surface area contributed by atoms with Crippen LogP contribution in [0.2, 0.25) is 0 Å². The third-order valence-corrected chi connectivity index (χ3v) is 4.36. The fourth-order valence-corrected chi connectivity index (χ4v) is 3.03. The van der Waals surface area contributed by atoms with Crippen molar-refractivity contribution in [3.8, 4) is 6.07 Å². The lowest BCUT2D eigenvalue weighted by atomic mass is 10.2. The summed E-state index contributed by atoms with van der Waals surface area (Å²) < 4.78 is 1.81. The second-order valence-electron chi connectivity index (χ2n) is 4.86. The molecule has 6 heteroatoms. The zero-order chi connectivity index (χ0) is 14.8. The first-order valence-corrected chi connectivity index (χ1v) is 7.50. The van der Waals surface area contributed by atoms with Crippen LogP contribution in [0.1, 0.15) is 11.3 Å². The van der Waals surface area contributed by atoms with Gasteiger partial charge in [-0.05, 0) is 29.8 Å². The predicted molar refractivity (Wildman–Crippen MR) is 83.3 cm³/mol. The third-order valence-electron chi connectivity index (χ3n) is 3.29. The number of rotatable bonds is 3. The fraction of sp³-hybridized carbons (Fsp3) is 0.200. The van der Waals surface area contributed by atoms with Crippen LogP contribution in [0.15, 0.2) is 35.4 Å². The smallest absolute Gasteiger partial charge is 0.234 e. The van der Waals surface area contributed by atoms with Gasteiger partial charge in [0, 0.05) is 30.4 Å². The molecule has 0 saturated carbocycles. The average Bonchev–Trinajstić information content (AvgIpc) is 2.85. The normalized spacial score (nSPS) is 13.2. The molecule has 0 spiro atoms. The van der Waals surface area contributed by atoms with E-state index in [0.29, 0.717) is 18.0 Å². The number of anilines is 2. The summed E-state index contributed by atoms with van der Waals surface area (Å²) in [5.41, 5.74) is 3.48. The molecule has 1 aromatic carbocycles. The molecule has 0 radical (unpaired) electrons. The van der Waals surface area contributed by atoms with Gasteiger partial charge >= 0.3 is 0 Å². The van der Waals surface area contributed by atoms with Crippen LogP contribution in [-0.4, -0.2) is 16.2 Å². The Kier molecular flexibility index (Phi) is 3.59. The largest absolute Gasteiger partial charge is 0.381 e. The van der Waals surface area contributed by atoms with Gasteiger partial charge in [-0.25, -0.2) is 0 Å². The van der Waals surface area contributed by atoms with Crippen LogP contribution in [-0.2, 0) is 18.4 Å². The second kappa shape index (κ2) is 5.54. The molecule has 2 aromatic rings.